The predicted molar refractivity (Wildman–Crippen MR) is 103 cm³/mol. The van der Waals surface area contributed by atoms with E-state index in [0.717, 1.165) is 10.0 Å². The van der Waals surface area contributed by atoms with Crippen LogP contribution in [0.15, 0.2) is 40.9 Å². The van der Waals surface area contributed by atoms with Crippen LogP contribution in [0, 0.1) is 6.92 Å². The number of rotatable bonds is 4. The van der Waals surface area contributed by atoms with E-state index in [9.17, 15) is 4.79 Å². The molecule has 0 aliphatic carbocycles. The molecule has 0 bridgehead atoms. The fraction of sp³-hybridized carbons (Fsp3) is 0.316. The number of anilines is 1. The van der Waals surface area contributed by atoms with Gasteiger partial charge in [-0.05, 0) is 63.7 Å². The topological polar surface area (TPSA) is 38.3 Å². The van der Waals surface area contributed by atoms with E-state index >= 15 is 0 Å². The number of benzene rings is 2. The summed E-state index contributed by atoms with van der Waals surface area (Å²) >= 11 is 9.56. The number of carbonyl (C=O) groups excluding carboxylic acids is 1. The summed E-state index contributed by atoms with van der Waals surface area (Å²) in [6.07, 6.45) is 0. The number of halogens is 2. The third kappa shape index (κ3) is 4.74. The summed E-state index contributed by atoms with van der Waals surface area (Å²) in [7, 11) is 0. The van der Waals surface area contributed by atoms with Crippen LogP contribution >= 0.6 is 27.5 Å². The Kier molecular flexibility index (Phi) is 5.94. The molecule has 0 saturated heterocycles. The van der Waals surface area contributed by atoms with E-state index in [4.69, 9.17) is 16.3 Å². The van der Waals surface area contributed by atoms with Crippen molar-refractivity contribution in [3.8, 4) is 5.75 Å². The third-order valence-electron chi connectivity index (χ3n) is 3.70. The molecule has 0 radical (unpaired) electrons. The number of carbonyl (C=O) groups is 1. The minimum Gasteiger partial charge on any atom is -0.483 e. The van der Waals surface area contributed by atoms with Crippen molar-refractivity contribution in [1.82, 2.24) is 0 Å². The molecule has 0 aromatic heterocycles. The van der Waals surface area contributed by atoms with Gasteiger partial charge in [0.1, 0.15) is 5.75 Å². The predicted octanol–water partition coefficient (Wildman–Crippen LogP) is 5.73. The summed E-state index contributed by atoms with van der Waals surface area (Å²) in [5.74, 6) is 0.410. The smallest absolute Gasteiger partial charge is 0.262 e. The molecular formula is C19H21BrClNO2. The summed E-state index contributed by atoms with van der Waals surface area (Å²) in [6, 6.07) is 11.3. The molecule has 2 aromatic carbocycles. The van der Waals surface area contributed by atoms with Crippen molar-refractivity contribution < 1.29 is 9.53 Å². The zero-order valence-corrected chi connectivity index (χ0v) is 16.6. The molecule has 1 N–H and O–H groups in total. The van der Waals surface area contributed by atoms with Crippen molar-refractivity contribution in [2.75, 3.05) is 11.9 Å². The second kappa shape index (κ2) is 7.58. The lowest BCUT2D eigenvalue weighted by Crippen LogP contribution is -2.21. The average Bonchev–Trinajstić information content (AvgIpc) is 2.49. The Labute approximate surface area is 156 Å². The van der Waals surface area contributed by atoms with Crippen LogP contribution < -0.4 is 10.1 Å². The van der Waals surface area contributed by atoms with E-state index in [1.807, 2.05) is 31.2 Å². The van der Waals surface area contributed by atoms with Gasteiger partial charge in [-0.3, -0.25) is 4.79 Å². The highest BCUT2D eigenvalue weighted by atomic mass is 79.9. The quantitative estimate of drug-likeness (QED) is 0.699. The molecule has 0 heterocycles. The van der Waals surface area contributed by atoms with Gasteiger partial charge in [0.25, 0.3) is 5.91 Å². The van der Waals surface area contributed by atoms with E-state index in [1.54, 1.807) is 12.1 Å². The third-order valence-corrected chi connectivity index (χ3v) is 4.73. The number of nitrogens with one attached hydrogen (secondary N) is 1. The number of amides is 1. The van der Waals surface area contributed by atoms with Crippen LogP contribution in [0.3, 0.4) is 0 Å². The fourth-order valence-electron chi connectivity index (χ4n) is 2.16. The lowest BCUT2D eigenvalue weighted by molar-refractivity contribution is -0.118. The van der Waals surface area contributed by atoms with Crippen LogP contribution in [-0.2, 0) is 10.2 Å². The Bertz CT molecular complexity index is 754. The highest BCUT2D eigenvalue weighted by molar-refractivity contribution is 9.10. The van der Waals surface area contributed by atoms with Crippen molar-refractivity contribution in [3.63, 3.8) is 0 Å². The second-order valence-electron chi connectivity index (χ2n) is 6.64. The fourth-order valence-corrected chi connectivity index (χ4v) is 2.82. The van der Waals surface area contributed by atoms with Crippen molar-refractivity contribution in [2.24, 2.45) is 0 Å². The summed E-state index contributed by atoms with van der Waals surface area (Å²) in [5, 5.41) is 3.43. The number of ether oxygens (including phenoxy) is 1. The van der Waals surface area contributed by atoms with Crippen LogP contribution in [0.5, 0.6) is 5.75 Å². The van der Waals surface area contributed by atoms with Gasteiger partial charge < -0.3 is 10.1 Å². The summed E-state index contributed by atoms with van der Waals surface area (Å²) in [4.78, 5) is 12.1. The van der Waals surface area contributed by atoms with Gasteiger partial charge >= 0.3 is 0 Å². The summed E-state index contributed by atoms with van der Waals surface area (Å²) in [6.45, 7) is 8.24. The molecule has 128 valence electrons. The Balaban J connectivity index is 2.00. The highest BCUT2D eigenvalue weighted by Crippen LogP contribution is 2.31. The van der Waals surface area contributed by atoms with Gasteiger partial charge in [0.05, 0.1) is 4.47 Å². The number of hydrogen-bond acceptors (Lipinski definition) is 2. The van der Waals surface area contributed by atoms with Crippen LogP contribution in [0.2, 0.25) is 5.02 Å². The Morgan fingerprint density at radius 1 is 1.25 bits per heavy atom. The Morgan fingerprint density at radius 2 is 1.96 bits per heavy atom. The molecule has 0 aliphatic heterocycles. The summed E-state index contributed by atoms with van der Waals surface area (Å²) < 4.78 is 6.45. The van der Waals surface area contributed by atoms with Crippen molar-refractivity contribution in [1.29, 1.82) is 0 Å². The van der Waals surface area contributed by atoms with Crippen molar-refractivity contribution >= 4 is 39.1 Å². The largest absolute Gasteiger partial charge is 0.483 e. The average molecular weight is 411 g/mol. The van der Waals surface area contributed by atoms with Crippen molar-refractivity contribution in [2.45, 2.75) is 33.1 Å². The molecule has 1 amide bonds. The normalized spacial score (nSPS) is 11.2. The molecule has 2 rings (SSSR count). The van der Waals surface area contributed by atoms with Gasteiger partial charge in [0, 0.05) is 10.7 Å². The lowest BCUT2D eigenvalue weighted by atomic mass is 9.87. The first-order valence-corrected chi connectivity index (χ1v) is 8.83. The van der Waals surface area contributed by atoms with E-state index in [0.29, 0.717) is 16.5 Å². The van der Waals surface area contributed by atoms with Crippen LogP contribution in [-0.4, -0.2) is 12.5 Å². The highest BCUT2D eigenvalue weighted by Gasteiger charge is 2.16. The van der Waals surface area contributed by atoms with E-state index in [1.165, 1.54) is 5.56 Å². The molecule has 5 heteroatoms. The van der Waals surface area contributed by atoms with Crippen molar-refractivity contribution in [3.05, 3.63) is 57.0 Å². The monoisotopic (exact) mass is 409 g/mol. The van der Waals surface area contributed by atoms with Crippen LogP contribution in [0.25, 0.3) is 0 Å². The van der Waals surface area contributed by atoms with Crippen LogP contribution in [0.4, 0.5) is 5.69 Å². The van der Waals surface area contributed by atoms with Crippen LogP contribution in [0.1, 0.15) is 31.9 Å². The zero-order valence-electron chi connectivity index (χ0n) is 14.2. The summed E-state index contributed by atoms with van der Waals surface area (Å²) in [5.41, 5.74) is 2.78. The van der Waals surface area contributed by atoms with Gasteiger partial charge in [-0.1, -0.05) is 44.5 Å². The maximum absolute atomic E-state index is 12.1. The molecule has 24 heavy (non-hydrogen) atoms. The lowest BCUT2D eigenvalue weighted by Gasteiger charge is -2.20. The maximum atomic E-state index is 12.1. The van der Waals surface area contributed by atoms with Gasteiger partial charge in [0.2, 0.25) is 0 Å². The Hall–Kier alpha value is -1.52. The SMILES string of the molecule is Cc1c(Cl)cccc1NC(=O)COc1ccc(C(C)(C)C)cc1Br. The minimum absolute atomic E-state index is 0.0581. The van der Waals surface area contributed by atoms with E-state index < -0.39 is 0 Å². The first-order chi connectivity index (χ1) is 11.2. The van der Waals surface area contributed by atoms with Gasteiger partial charge in [-0.2, -0.15) is 0 Å². The molecule has 0 atom stereocenters. The molecular weight excluding hydrogens is 390 g/mol. The zero-order chi connectivity index (χ0) is 17.9. The first kappa shape index (κ1) is 18.8. The minimum atomic E-state index is -0.229. The molecule has 3 nitrogen and oxygen atoms in total. The molecule has 0 spiro atoms. The first-order valence-electron chi connectivity index (χ1n) is 7.66. The standard InChI is InChI=1S/C19H21BrClNO2/c1-12-15(21)6-5-7-16(12)22-18(23)11-24-17-9-8-13(10-14(17)20)19(2,3)4/h5-10H,11H2,1-4H3,(H,22,23). The molecule has 0 aliphatic rings. The number of hydrogen-bond donors (Lipinski definition) is 1. The maximum Gasteiger partial charge on any atom is 0.262 e. The molecule has 0 unspecified atom stereocenters. The Morgan fingerprint density at radius 3 is 2.58 bits per heavy atom. The van der Waals surface area contributed by atoms with Gasteiger partial charge in [-0.25, -0.2) is 0 Å². The van der Waals surface area contributed by atoms with Gasteiger partial charge in [0.15, 0.2) is 6.61 Å². The molecule has 0 fully saturated rings. The van der Waals surface area contributed by atoms with E-state index in [-0.39, 0.29) is 17.9 Å². The molecule has 0 saturated carbocycles. The van der Waals surface area contributed by atoms with Gasteiger partial charge in [-0.15, -0.1) is 0 Å². The van der Waals surface area contributed by atoms with E-state index in [2.05, 4.69) is 42.0 Å². The molecule has 2 aromatic rings. The second-order valence-corrected chi connectivity index (χ2v) is 7.91.